The van der Waals surface area contributed by atoms with E-state index in [0.717, 1.165) is 12.7 Å². The van der Waals surface area contributed by atoms with Gasteiger partial charge >= 0.3 is 0 Å². The number of ether oxygens (including phenoxy) is 1. The molecule has 1 aliphatic heterocycles. The molecular formula is C8H16BO3. The summed E-state index contributed by atoms with van der Waals surface area (Å²) >= 11 is 0. The quantitative estimate of drug-likeness (QED) is 0.588. The van der Waals surface area contributed by atoms with E-state index in [1.54, 1.807) is 0 Å². The highest BCUT2D eigenvalue weighted by Gasteiger charge is 2.39. The van der Waals surface area contributed by atoms with Crippen molar-refractivity contribution in [3.8, 4) is 0 Å². The van der Waals surface area contributed by atoms with Crippen LogP contribution in [0.3, 0.4) is 0 Å². The largest absolute Gasteiger partial charge is 0.388 e. The number of rotatable bonds is 3. The second-order valence-electron chi connectivity index (χ2n) is 3.14. The van der Waals surface area contributed by atoms with E-state index >= 15 is 0 Å². The van der Waals surface area contributed by atoms with Gasteiger partial charge in [0.25, 0.3) is 0 Å². The Hall–Kier alpha value is -0.0551. The van der Waals surface area contributed by atoms with Crippen molar-refractivity contribution in [2.45, 2.75) is 50.9 Å². The molecule has 1 unspecified atom stereocenters. The molecule has 0 saturated carbocycles. The van der Waals surface area contributed by atoms with Crippen LogP contribution >= 0.6 is 0 Å². The zero-order chi connectivity index (χ0) is 9.84. The van der Waals surface area contributed by atoms with Crippen LogP contribution in [0.5, 0.6) is 0 Å². The van der Waals surface area contributed by atoms with Gasteiger partial charge in [0.15, 0.2) is 7.28 Å². The predicted molar refractivity (Wildman–Crippen MR) is 47.2 cm³/mol. The zero-order valence-corrected chi connectivity index (χ0v) is 7.31. The maximum atomic E-state index is 9.50. The van der Waals surface area contributed by atoms with Gasteiger partial charge in [0.05, 0.1) is 12.1 Å². The normalized spacial score (nSPS) is 42.8. The molecule has 1 radical (unpaired) electrons. The summed E-state index contributed by atoms with van der Waals surface area (Å²) < 4.78 is 12.4. The molecule has 0 aliphatic carbocycles. The van der Waals surface area contributed by atoms with Crippen LogP contribution in [-0.2, 0) is 4.74 Å². The molecular weight excluding hydrogens is 155 g/mol. The molecule has 4 atom stereocenters. The third-order valence-corrected chi connectivity index (χ3v) is 2.09. The first-order valence-corrected chi connectivity index (χ1v) is 4.34. The van der Waals surface area contributed by atoms with Gasteiger partial charge in [-0.2, -0.15) is 0 Å². The second-order valence-corrected chi connectivity index (χ2v) is 3.14. The molecule has 1 heterocycles. The Kier molecular flexibility index (Phi) is 3.03. The lowest BCUT2D eigenvalue weighted by Gasteiger charge is -2.12. The van der Waals surface area contributed by atoms with Gasteiger partial charge in [0.2, 0.25) is 0 Å². The molecule has 1 rings (SSSR count). The van der Waals surface area contributed by atoms with Gasteiger partial charge in [-0.05, 0) is 6.90 Å². The molecule has 0 aromatic rings. The van der Waals surface area contributed by atoms with Gasteiger partial charge in [-0.1, -0.05) is 19.7 Å². The average Bonchev–Trinajstić information content (AvgIpc) is 2.41. The fourth-order valence-corrected chi connectivity index (χ4v) is 1.30. The minimum absolute atomic E-state index is 0.00527. The maximum absolute atomic E-state index is 9.50. The van der Waals surface area contributed by atoms with E-state index < -0.39 is 24.3 Å². The summed E-state index contributed by atoms with van der Waals surface area (Å²) in [6.45, 7) is 2.03. The van der Waals surface area contributed by atoms with E-state index in [9.17, 15) is 10.2 Å². The predicted octanol–water partition coefficient (Wildman–Crippen LogP) is -0.0145. The number of aliphatic hydroxyl groups excluding tert-OH is 2. The van der Waals surface area contributed by atoms with Crippen molar-refractivity contribution in [1.82, 2.24) is 0 Å². The van der Waals surface area contributed by atoms with Gasteiger partial charge in [-0.3, -0.25) is 0 Å². The minimum Gasteiger partial charge on any atom is -0.388 e. The molecule has 0 amide bonds. The topological polar surface area (TPSA) is 49.7 Å². The van der Waals surface area contributed by atoms with E-state index in [0.29, 0.717) is 0 Å². The summed E-state index contributed by atoms with van der Waals surface area (Å²) in [7, 11) is 1.86. The Bertz CT molecular complexity index is 158. The van der Waals surface area contributed by atoms with Crippen LogP contribution in [0.4, 0.5) is 0 Å². The summed E-state index contributed by atoms with van der Waals surface area (Å²) in [6, 6.07) is -0.398. The lowest BCUT2D eigenvalue weighted by Crippen LogP contribution is -2.34. The molecule has 4 heteroatoms. The highest BCUT2D eigenvalue weighted by atomic mass is 16.5. The van der Waals surface area contributed by atoms with Crippen molar-refractivity contribution in [3.05, 3.63) is 0 Å². The zero-order valence-electron chi connectivity index (χ0n) is 8.31. The monoisotopic (exact) mass is 172 g/mol. The first-order chi connectivity index (χ1) is 6.20. The van der Waals surface area contributed by atoms with Crippen LogP contribution in [0.15, 0.2) is 0 Å². The third-order valence-electron chi connectivity index (χ3n) is 2.09. The van der Waals surface area contributed by atoms with Crippen molar-refractivity contribution >= 4 is 7.28 Å². The Morgan fingerprint density at radius 2 is 2.25 bits per heavy atom. The maximum Gasteiger partial charge on any atom is 0.153 e. The molecule has 69 valence electrons. The Labute approximate surface area is 75.4 Å². The van der Waals surface area contributed by atoms with E-state index in [1.807, 2.05) is 14.2 Å². The molecule has 2 N–H and O–H groups in total. The van der Waals surface area contributed by atoms with Crippen LogP contribution < -0.4 is 0 Å². The van der Waals surface area contributed by atoms with Gasteiger partial charge in [-0.25, -0.2) is 0 Å². The van der Waals surface area contributed by atoms with Crippen molar-refractivity contribution in [1.29, 1.82) is 0 Å². The van der Waals surface area contributed by atoms with Gasteiger partial charge in [-0.15, -0.1) is 0 Å². The van der Waals surface area contributed by atoms with Gasteiger partial charge in [0, 0.05) is 1.37 Å². The smallest absolute Gasteiger partial charge is 0.153 e. The molecule has 0 aromatic carbocycles. The SMILES string of the molecule is [2H]C[C@H]1O[C@@H]([B]CCC)C(O)[C@H]1O. The fraction of sp³-hybridized carbons (Fsp3) is 1.00. The van der Waals surface area contributed by atoms with E-state index in [2.05, 4.69) is 0 Å². The first-order valence-electron chi connectivity index (χ1n) is 5.05. The summed E-state index contributed by atoms with van der Waals surface area (Å²) in [5.41, 5.74) is 0. The third kappa shape index (κ3) is 2.00. The Morgan fingerprint density at radius 1 is 1.50 bits per heavy atom. The fourth-order valence-electron chi connectivity index (χ4n) is 1.30. The molecule has 0 aromatic heterocycles. The highest BCUT2D eigenvalue weighted by molar-refractivity contribution is 6.37. The Morgan fingerprint density at radius 3 is 2.75 bits per heavy atom. The molecule has 1 fully saturated rings. The minimum atomic E-state index is -0.907. The molecule has 3 nitrogen and oxygen atoms in total. The molecule has 1 saturated heterocycles. The molecule has 0 bridgehead atoms. The van der Waals surface area contributed by atoms with E-state index in [1.165, 1.54) is 0 Å². The van der Waals surface area contributed by atoms with E-state index in [4.69, 9.17) is 6.11 Å². The van der Waals surface area contributed by atoms with Crippen molar-refractivity contribution in [2.75, 3.05) is 0 Å². The Balaban J connectivity index is 2.40. The standard InChI is InChI=1S/C8H16BO3/c1-3-4-9-8-7(11)6(10)5(2)12-8/h5-8,10-11H,3-4H2,1-2H3/t5-,6+,7?,8-/m1/s1/i2D. The average molecular weight is 172 g/mol. The summed E-state index contributed by atoms with van der Waals surface area (Å²) in [5, 5.41) is 18.9. The van der Waals surface area contributed by atoms with Gasteiger partial charge in [0.1, 0.15) is 12.2 Å². The summed E-state index contributed by atoms with van der Waals surface area (Å²) in [5.74, 6) is 0. The summed E-state index contributed by atoms with van der Waals surface area (Å²) in [6.07, 6.45) is -0.446. The van der Waals surface area contributed by atoms with Crippen LogP contribution in [0.25, 0.3) is 0 Å². The second kappa shape index (κ2) is 4.26. The van der Waals surface area contributed by atoms with Crippen molar-refractivity contribution in [3.63, 3.8) is 0 Å². The van der Waals surface area contributed by atoms with Gasteiger partial charge < -0.3 is 14.9 Å². The molecule has 12 heavy (non-hydrogen) atoms. The highest BCUT2D eigenvalue weighted by Crippen LogP contribution is 2.20. The summed E-state index contributed by atoms with van der Waals surface area (Å²) in [4.78, 5) is 0. The molecule has 1 aliphatic rings. The lowest BCUT2D eigenvalue weighted by atomic mass is 9.65. The van der Waals surface area contributed by atoms with Crippen LogP contribution in [0.1, 0.15) is 21.6 Å². The number of hydrogen-bond acceptors (Lipinski definition) is 3. The van der Waals surface area contributed by atoms with Crippen LogP contribution in [0, 0.1) is 0 Å². The van der Waals surface area contributed by atoms with E-state index in [-0.39, 0.29) is 6.90 Å². The first kappa shape index (κ1) is 8.54. The van der Waals surface area contributed by atoms with Crippen LogP contribution in [-0.4, -0.2) is 41.8 Å². The van der Waals surface area contributed by atoms with Crippen LogP contribution in [0.2, 0.25) is 6.32 Å². The van der Waals surface area contributed by atoms with Crippen molar-refractivity contribution < 1.29 is 16.3 Å². The van der Waals surface area contributed by atoms with Crippen molar-refractivity contribution in [2.24, 2.45) is 0 Å². The number of hydrogen-bond donors (Lipinski definition) is 2. The molecule has 0 spiro atoms. The number of aliphatic hydroxyl groups is 2. The lowest BCUT2D eigenvalue weighted by molar-refractivity contribution is 0.0317.